The fourth-order valence-electron chi connectivity index (χ4n) is 1.58. The van der Waals surface area contributed by atoms with Crippen molar-refractivity contribution in [1.29, 1.82) is 0 Å². The van der Waals surface area contributed by atoms with Gasteiger partial charge in [0.25, 0.3) is 0 Å². The van der Waals surface area contributed by atoms with Gasteiger partial charge in [-0.2, -0.15) is 0 Å². The number of nitrogens with two attached hydrogens (primary N) is 2. The molecule has 0 spiro atoms. The second kappa shape index (κ2) is 3.07. The molecule has 0 fully saturated rings. The summed E-state index contributed by atoms with van der Waals surface area (Å²) < 4.78 is 0. The highest BCUT2D eigenvalue weighted by Crippen LogP contribution is 2.33. The molecule has 0 bridgehead atoms. The normalized spacial score (nSPS) is 10.7. The SMILES string of the molecule is Cc1c(Cl)cc2cccc(N)c2c1N. The molecule has 0 radical (unpaired) electrons. The van der Waals surface area contributed by atoms with Gasteiger partial charge in [0.05, 0.1) is 0 Å². The third-order valence-corrected chi connectivity index (χ3v) is 2.84. The van der Waals surface area contributed by atoms with E-state index in [1.54, 1.807) is 0 Å². The van der Waals surface area contributed by atoms with E-state index in [1.165, 1.54) is 0 Å². The summed E-state index contributed by atoms with van der Waals surface area (Å²) in [7, 11) is 0. The van der Waals surface area contributed by atoms with E-state index in [0.29, 0.717) is 16.4 Å². The molecule has 0 heterocycles. The van der Waals surface area contributed by atoms with Crippen LogP contribution in [0.25, 0.3) is 10.8 Å². The molecule has 3 heteroatoms. The summed E-state index contributed by atoms with van der Waals surface area (Å²) in [4.78, 5) is 0. The summed E-state index contributed by atoms with van der Waals surface area (Å²) in [6, 6.07) is 7.57. The lowest BCUT2D eigenvalue weighted by atomic mass is 10.0. The largest absolute Gasteiger partial charge is 0.398 e. The number of halogens is 1. The molecular weight excluding hydrogens is 196 g/mol. The van der Waals surface area contributed by atoms with Gasteiger partial charge in [-0.25, -0.2) is 0 Å². The standard InChI is InChI=1S/C11H11ClN2/c1-6-8(12)5-7-3-2-4-9(13)10(7)11(6)14/h2-5H,13-14H2,1H3. The zero-order valence-electron chi connectivity index (χ0n) is 7.84. The third-order valence-electron chi connectivity index (χ3n) is 2.44. The van der Waals surface area contributed by atoms with Gasteiger partial charge in [-0.15, -0.1) is 0 Å². The first-order valence-corrected chi connectivity index (χ1v) is 4.72. The fraction of sp³-hybridized carbons (Fsp3) is 0.0909. The Balaban J connectivity index is 2.99. The minimum Gasteiger partial charge on any atom is -0.398 e. The number of anilines is 2. The number of hydrogen-bond donors (Lipinski definition) is 2. The lowest BCUT2D eigenvalue weighted by Crippen LogP contribution is -1.96. The maximum atomic E-state index is 6.02. The maximum Gasteiger partial charge on any atom is 0.0462 e. The van der Waals surface area contributed by atoms with Crippen LogP contribution in [0.5, 0.6) is 0 Å². The van der Waals surface area contributed by atoms with E-state index in [2.05, 4.69) is 0 Å². The van der Waals surface area contributed by atoms with Crippen molar-refractivity contribution in [1.82, 2.24) is 0 Å². The van der Waals surface area contributed by atoms with E-state index in [1.807, 2.05) is 31.2 Å². The van der Waals surface area contributed by atoms with Crippen LogP contribution in [-0.2, 0) is 0 Å². The topological polar surface area (TPSA) is 52.0 Å². The number of rotatable bonds is 0. The van der Waals surface area contributed by atoms with Crippen LogP contribution in [0.4, 0.5) is 11.4 Å². The van der Waals surface area contributed by atoms with Gasteiger partial charge >= 0.3 is 0 Å². The zero-order valence-corrected chi connectivity index (χ0v) is 8.60. The van der Waals surface area contributed by atoms with Gasteiger partial charge in [-0.3, -0.25) is 0 Å². The molecule has 2 aromatic carbocycles. The first-order chi connectivity index (χ1) is 6.61. The lowest BCUT2D eigenvalue weighted by molar-refractivity contribution is 1.50. The summed E-state index contributed by atoms with van der Waals surface area (Å²) in [5.74, 6) is 0. The Kier molecular flexibility index (Phi) is 2.01. The van der Waals surface area contributed by atoms with E-state index in [9.17, 15) is 0 Å². The summed E-state index contributed by atoms with van der Waals surface area (Å²) >= 11 is 6.02. The van der Waals surface area contributed by atoms with Crippen LogP contribution >= 0.6 is 11.6 Å². The first kappa shape index (κ1) is 9.16. The highest BCUT2D eigenvalue weighted by molar-refractivity contribution is 6.33. The second-order valence-corrected chi connectivity index (χ2v) is 3.75. The van der Waals surface area contributed by atoms with Crippen LogP contribution in [0.3, 0.4) is 0 Å². The van der Waals surface area contributed by atoms with Crippen LogP contribution in [0, 0.1) is 6.92 Å². The molecule has 0 atom stereocenters. The Bertz CT molecular complexity index is 506. The molecule has 2 rings (SSSR count). The molecule has 14 heavy (non-hydrogen) atoms. The van der Waals surface area contributed by atoms with Crippen molar-refractivity contribution in [2.24, 2.45) is 0 Å². The summed E-state index contributed by atoms with van der Waals surface area (Å²) in [5.41, 5.74) is 14.1. The molecule has 72 valence electrons. The molecule has 4 N–H and O–H groups in total. The van der Waals surface area contributed by atoms with Crippen LogP contribution in [0.1, 0.15) is 5.56 Å². The Hall–Kier alpha value is -1.41. The molecule has 0 unspecified atom stereocenters. The molecule has 0 aromatic heterocycles. The van der Waals surface area contributed by atoms with Gasteiger partial charge < -0.3 is 11.5 Å². The lowest BCUT2D eigenvalue weighted by Gasteiger charge is -2.09. The summed E-state index contributed by atoms with van der Waals surface area (Å²) in [5, 5.41) is 2.56. The number of benzene rings is 2. The predicted octanol–water partition coefficient (Wildman–Crippen LogP) is 2.97. The first-order valence-electron chi connectivity index (χ1n) is 4.34. The van der Waals surface area contributed by atoms with Crippen LogP contribution in [0.2, 0.25) is 5.02 Å². The van der Waals surface area contributed by atoms with Gasteiger partial charge in [0, 0.05) is 21.8 Å². The monoisotopic (exact) mass is 206 g/mol. The van der Waals surface area contributed by atoms with Gasteiger partial charge in [-0.05, 0) is 30.0 Å². The summed E-state index contributed by atoms with van der Waals surface area (Å²) in [6.45, 7) is 1.89. The van der Waals surface area contributed by atoms with E-state index >= 15 is 0 Å². The van der Waals surface area contributed by atoms with Crippen molar-refractivity contribution in [3.05, 3.63) is 34.9 Å². The average Bonchev–Trinajstić information content (AvgIpc) is 2.14. The molecule has 2 aromatic rings. The molecule has 0 saturated heterocycles. The van der Waals surface area contributed by atoms with Crippen molar-refractivity contribution in [2.75, 3.05) is 11.5 Å². The van der Waals surface area contributed by atoms with E-state index in [-0.39, 0.29) is 0 Å². The molecule has 2 nitrogen and oxygen atoms in total. The Morgan fingerprint density at radius 3 is 2.64 bits per heavy atom. The van der Waals surface area contributed by atoms with Crippen molar-refractivity contribution < 1.29 is 0 Å². The van der Waals surface area contributed by atoms with E-state index in [0.717, 1.165) is 16.3 Å². The molecule has 0 aliphatic rings. The maximum absolute atomic E-state index is 6.02. The molecule has 0 aliphatic heterocycles. The minimum atomic E-state index is 0.672. The molecule has 0 saturated carbocycles. The Morgan fingerprint density at radius 2 is 1.93 bits per heavy atom. The molecule has 0 aliphatic carbocycles. The van der Waals surface area contributed by atoms with Crippen LogP contribution < -0.4 is 11.5 Å². The quantitative estimate of drug-likeness (QED) is 0.652. The van der Waals surface area contributed by atoms with Gasteiger partial charge in [0.2, 0.25) is 0 Å². The van der Waals surface area contributed by atoms with Crippen molar-refractivity contribution in [2.45, 2.75) is 6.92 Å². The highest BCUT2D eigenvalue weighted by Gasteiger charge is 2.07. The van der Waals surface area contributed by atoms with Gasteiger partial charge in [0.1, 0.15) is 0 Å². The van der Waals surface area contributed by atoms with E-state index < -0.39 is 0 Å². The number of fused-ring (bicyclic) bond motifs is 1. The average molecular weight is 207 g/mol. The highest BCUT2D eigenvalue weighted by atomic mass is 35.5. The Labute approximate surface area is 87.5 Å². The van der Waals surface area contributed by atoms with Crippen molar-refractivity contribution >= 4 is 33.7 Å². The zero-order chi connectivity index (χ0) is 10.3. The number of hydrogen-bond acceptors (Lipinski definition) is 2. The summed E-state index contributed by atoms with van der Waals surface area (Å²) in [6.07, 6.45) is 0. The second-order valence-electron chi connectivity index (χ2n) is 3.34. The predicted molar refractivity (Wildman–Crippen MR) is 62.5 cm³/mol. The van der Waals surface area contributed by atoms with Crippen molar-refractivity contribution in [3.63, 3.8) is 0 Å². The minimum absolute atomic E-state index is 0.672. The fourth-order valence-corrected chi connectivity index (χ4v) is 1.80. The Morgan fingerprint density at radius 1 is 1.21 bits per heavy atom. The molecular formula is C11H11ClN2. The molecule has 0 amide bonds. The van der Waals surface area contributed by atoms with Crippen LogP contribution in [-0.4, -0.2) is 0 Å². The van der Waals surface area contributed by atoms with Gasteiger partial charge in [-0.1, -0.05) is 23.7 Å². The van der Waals surface area contributed by atoms with Gasteiger partial charge in [0.15, 0.2) is 0 Å². The third kappa shape index (κ3) is 1.19. The number of nitrogen functional groups attached to an aromatic ring is 2. The van der Waals surface area contributed by atoms with Crippen molar-refractivity contribution in [3.8, 4) is 0 Å². The van der Waals surface area contributed by atoms with E-state index in [4.69, 9.17) is 23.1 Å². The smallest absolute Gasteiger partial charge is 0.0462 e. The van der Waals surface area contributed by atoms with Crippen LogP contribution in [0.15, 0.2) is 24.3 Å².